The van der Waals surface area contributed by atoms with Crippen LogP contribution in [0.25, 0.3) is 175 Å². The van der Waals surface area contributed by atoms with Gasteiger partial charge in [0.1, 0.15) is 22.3 Å². The third kappa shape index (κ3) is 6.54. The smallest absolute Gasteiger partial charge is 0.143 e. The normalized spacial score (nSPS) is 12.0. The number of hydrogen-bond donors (Lipinski definition) is 0. The van der Waals surface area contributed by atoms with Crippen molar-refractivity contribution in [3.05, 3.63) is 279 Å². The highest BCUT2D eigenvalue weighted by Gasteiger charge is 2.26. The van der Waals surface area contributed by atoms with Crippen LogP contribution < -0.4 is 0 Å². The monoisotopic (exact) mass is 1010 g/mol. The lowest BCUT2D eigenvalue weighted by molar-refractivity contribution is 0.670. The molecule has 0 N–H and O–H groups in total. The van der Waals surface area contributed by atoms with Crippen LogP contribution in [0, 0.1) is 0 Å². The summed E-state index contributed by atoms with van der Waals surface area (Å²) in [5, 5.41) is 18.8. The zero-order valence-electron chi connectivity index (χ0n) is 43.4. The van der Waals surface area contributed by atoms with Gasteiger partial charge in [0.25, 0.3) is 0 Å². The van der Waals surface area contributed by atoms with E-state index in [2.05, 4.69) is 279 Å². The first kappa shape index (κ1) is 44.6. The molecule has 17 rings (SSSR count). The first-order valence-electron chi connectivity index (χ1n) is 27.6. The number of para-hydroxylation sites is 2. The lowest BCUT2D eigenvalue weighted by Crippen LogP contribution is -1.93. The Bertz CT molecular complexity index is 5280. The van der Waals surface area contributed by atoms with Gasteiger partial charge in [-0.05, 0) is 139 Å². The maximum Gasteiger partial charge on any atom is 0.143 e. The highest BCUT2D eigenvalue weighted by atomic mass is 16.3. The van der Waals surface area contributed by atoms with Gasteiger partial charge >= 0.3 is 0 Å². The molecule has 0 aliphatic rings. The highest BCUT2D eigenvalue weighted by molar-refractivity contribution is 6.35. The van der Waals surface area contributed by atoms with E-state index in [0.717, 1.165) is 82.3 Å². The second kappa shape index (κ2) is 17.5. The van der Waals surface area contributed by atoms with Crippen LogP contribution in [0.5, 0.6) is 0 Å². The largest absolute Gasteiger partial charge is 0.455 e. The van der Waals surface area contributed by atoms with Crippen molar-refractivity contribution in [2.24, 2.45) is 0 Å². The molecule has 0 fully saturated rings. The van der Waals surface area contributed by atoms with Crippen molar-refractivity contribution in [3.8, 4) is 66.8 Å². The van der Waals surface area contributed by atoms with Gasteiger partial charge in [-0.1, -0.05) is 255 Å². The first-order chi connectivity index (χ1) is 39.7. The Morgan fingerprint density at radius 2 is 0.500 bits per heavy atom. The van der Waals surface area contributed by atoms with E-state index >= 15 is 0 Å². The van der Waals surface area contributed by atoms with Crippen LogP contribution in [0.4, 0.5) is 0 Å². The molecule has 15 aromatic carbocycles. The summed E-state index contributed by atoms with van der Waals surface area (Å²) in [6.45, 7) is 0. The summed E-state index contributed by atoms with van der Waals surface area (Å²) in [6, 6.07) is 102. The molecule has 0 aliphatic carbocycles. The molecule has 0 spiro atoms. The summed E-state index contributed by atoms with van der Waals surface area (Å²) in [5.41, 5.74) is 17.5. The minimum Gasteiger partial charge on any atom is -0.455 e. The van der Waals surface area contributed by atoms with Gasteiger partial charge in [-0.3, -0.25) is 0 Å². The van der Waals surface area contributed by atoms with E-state index in [0.29, 0.717) is 0 Å². The molecule has 0 bridgehead atoms. The van der Waals surface area contributed by atoms with Crippen LogP contribution in [0.15, 0.2) is 288 Å². The Labute approximate surface area is 460 Å². The first-order valence-corrected chi connectivity index (χ1v) is 27.6. The fourth-order valence-corrected chi connectivity index (χ4v) is 13.7. The Morgan fingerprint density at radius 1 is 0.188 bits per heavy atom. The predicted octanol–water partition coefficient (Wildman–Crippen LogP) is 22.4. The van der Waals surface area contributed by atoms with Gasteiger partial charge in [-0.15, -0.1) is 0 Å². The number of benzene rings is 15. The van der Waals surface area contributed by atoms with Gasteiger partial charge < -0.3 is 8.83 Å². The summed E-state index contributed by atoms with van der Waals surface area (Å²) < 4.78 is 14.2. The van der Waals surface area contributed by atoms with Crippen LogP contribution in [0.3, 0.4) is 0 Å². The summed E-state index contributed by atoms with van der Waals surface area (Å²) in [4.78, 5) is 0. The van der Waals surface area contributed by atoms with Crippen molar-refractivity contribution in [1.82, 2.24) is 0 Å². The van der Waals surface area contributed by atoms with Crippen LogP contribution >= 0.6 is 0 Å². The maximum atomic E-state index is 7.15. The number of fused-ring (bicyclic) bond motifs is 14. The molecule has 2 nitrogen and oxygen atoms in total. The molecule has 370 valence electrons. The zero-order chi connectivity index (χ0) is 52.4. The van der Waals surface area contributed by atoms with Gasteiger partial charge in [0.15, 0.2) is 0 Å². The Balaban J connectivity index is 0.906. The minimum atomic E-state index is 0.853. The predicted molar refractivity (Wildman–Crippen MR) is 339 cm³/mol. The second-order valence-corrected chi connectivity index (χ2v) is 21.2. The fraction of sp³-hybridized carbons (Fsp3) is 0. The Hall–Kier alpha value is -10.5. The average Bonchev–Trinajstić information content (AvgIpc) is 4.06. The molecule has 0 unspecified atom stereocenters. The third-order valence-electron chi connectivity index (χ3n) is 17.0. The molecule has 80 heavy (non-hydrogen) atoms. The SMILES string of the molecule is c1ccc(-c2c3ccccc3c(-c3ccc(-c4cc5cc(-c6ccc(-c7c8ccccc8c(-c8ccccc8)c8ccccc78)c7ccccc67)c6oc7ccccc7c6c5c5c4oc4ccccc45)cc3)c3ccccc23)cc1. The van der Waals surface area contributed by atoms with Crippen molar-refractivity contribution < 1.29 is 8.83 Å². The Morgan fingerprint density at radius 3 is 0.950 bits per heavy atom. The van der Waals surface area contributed by atoms with Crippen molar-refractivity contribution in [2.45, 2.75) is 0 Å². The van der Waals surface area contributed by atoms with Crippen LogP contribution in [-0.4, -0.2) is 0 Å². The lowest BCUT2D eigenvalue weighted by Gasteiger charge is -2.20. The molecule has 17 aromatic rings. The number of furan rings is 2. The topological polar surface area (TPSA) is 26.3 Å². The highest BCUT2D eigenvalue weighted by Crippen LogP contribution is 2.52. The molecular weight excluding hydrogens is 969 g/mol. The molecule has 0 atom stereocenters. The molecular formula is C78H46O2. The van der Waals surface area contributed by atoms with Gasteiger partial charge in [-0.25, -0.2) is 0 Å². The van der Waals surface area contributed by atoms with E-state index in [9.17, 15) is 0 Å². The van der Waals surface area contributed by atoms with Gasteiger partial charge in [-0.2, -0.15) is 0 Å². The zero-order valence-corrected chi connectivity index (χ0v) is 43.4. The second-order valence-electron chi connectivity index (χ2n) is 21.2. The maximum absolute atomic E-state index is 7.15. The molecule has 2 heteroatoms. The quantitative estimate of drug-likeness (QED) is 0.155. The van der Waals surface area contributed by atoms with Crippen LogP contribution in [0.2, 0.25) is 0 Å². The van der Waals surface area contributed by atoms with Gasteiger partial charge in [0.2, 0.25) is 0 Å². The van der Waals surface area contributed by atoms with Gasteiger partial charge in [0.05, 0.1) is 0 Å². The fourth-order valence-electron chi connectivity index (χ4n) is 13.7. The minimum absolute atomic E-state index is 0.853. The number of rotatable bonds is 6. The molecule has 2 aromatic heterocycles. The summed E-state index contributed by atoms with van der Waals surface area (Å²) in [7, 11) is 0. The molecule has 0 radical (unpaired) electrons. The van der Waals surface area contributed by atoms with Gasteiger partial charge in [0, 0.05) is 38.1 Å². The van der Waals surface area contributed by atoms with E-state index < -0.39 is 0 Å². The molecule has 0 aliphatic heterocycles. The Kier molecular flexibility index (Phi) is 9.75. The van der Waals surface area contributed by atoms with Crippen molar-refractivity contribution in [2.75, 3.05) is 0 Å². The van der Waals surface area contributed by atoms with E-state index in [1.54, 1.807) is 0 Å². The van der Waals surface area contributed by atoms with Crippen LogP contribution in [0.1, 0.15) is 0 Å². The van der Waals surface area contributed by atoms with Crippen molar-refractivity contribution in [1.29, 1.82) is 0 Å². The average molecular weight is 1020 g/mol. The standard InChI is InChI=1S/C78H46O2/c1-3-21-48(22-4-1)70-55-27-9-11-29-57(55)72(58-30-12-10-28-56(58)70)50-41-39-47(40-42-50)66-45-51-46-67(78-76(65-36-18-20-38-69(65)80-78)73(51)75-64-35-17-19-37-68(64)79-77(66)75)54-43-44-63(53-26-8-7-25-52(53)54)74-61-33-15-13-31-59(61)71(49-23-5-2-6-24-49)60-32-14-16-34-62(60)74/h1-46H. The van der Waals surface area contributed by atoms with Crippen molar-refractivity contribution in [3.63, 3.8) is 0 Å². The van der Waals surface area contributed by atoms with Crippen LogP contribution in [-0.2, 0) is 0 Å². The lowest BCUT2D eigenvalue weighted by atomic mass is 9.83. The molecule has 0 amide bonds. The van der Waals surface area contributed by atoms with E-state index in [1.165, 1.54) is 93.0 Å². The van der Waals surface area contributed by atoms with E-state index in [-0.39, 0.29) is 0 Å². The summed E-state index contributed by atoms with van der Waals surface area (Å²) in [6.07, 6.45) is 0. The summed E-state index contributed by atoms with van der Waals surface area (Å²) in [5.74, 6) is 0. The molecule has 0 saturated carbocycles. The third-order valence-corrected chi connectivity index (χ3v) is 17.0. The molecule has 0 saturated heterocycles. The number of hydrogen-bond acceptors (Lipinski definition) is 2. The van der Waals surface area contributed by atoms with Crippen molar-refractivity contribution >= 4 is 109 Å². The molecule has 2 heterocycles. The van der Waals surface area contributed by atoms with E-state index in [1.807, 2.05) is 0 Å². The van der Waals surface area contributed by atoms with E-state index in [4.69, 9.17) is 8.83 Å². The summed E-state index contributed by atoms with van der Waals surface area (Å²) >= 11 is 0.